The molecule has 2 aliphatic carbocycles. The average Bonchev–Trinajstić information content (AvgIpc) is 2.47. The van der Waals surface area contributed by atoms with Crippen molar-refractivity contribution < 1.29 is 0 Å². The molecule has 2 saturated carbocycles. The molecule has 2 rings (SSSR count). The van der Waals surface area contributed by atoms with Gasteiger partial charge in [-0.25, -0.2) is 0 Å². The number of halogens is 2. The Hall–Kier alpha value is 0.320. The molecule has 0 N–H and O–H groups in total. The molecule has 0 bridgehead atoms. The standard InChI is InChI=1S/C10H14Cl2/c1-8(2)5-10(8)6(7(11)12)9(10,3)4/h5H2,1-4H3. The molecule has 0 amide bonds. The van der Waals surface area contributed by atoms with Gasteiger partial charge in [0.05, 0.1) is 0 Å². The molecule has 2 fully saturated rings. The fraction of sp³-hybridized carbons (Fsp3) is 0.800. The molecule has 0 aromatic rings. The lowest BCUT2D eigenvalue weighted by Crippen LogP contribution is -1.96. The van der Waals surface area contributed by atoms with E-state index in [9.17, 15) is 0 Å². The Labute approximate surface area is 83.9 Å². The number of hydrogen-bond acceptors (Lipinski definition) is 0. The topological polar surface area (TPSA) is 0 Å². The van der Waals surface area contributed by atoms with Crippen LogP contribution in [0.4, 0.5) is 0 Å². The van der Waals surface area contributed by atoms with Crippen molar-refractivity contribution in [3.8, 4) is 0 Å². The van der Waals surface area contributed by atoms with E-state index in [0.29, 0.717) is 15.3 Å². The molecule has 0 aromatic carbocycles. The second-order valence-electron chi connectivity index (χ2n) is 5.23. The van der Waals surface area contributed by atoms with Gasteiger partial charge in [-0.3, -0.25) is 0 Å². The smallest absolute Gasteiger partial charge is 0.0709 e. The largest absolute Gasteiger partial charge is 0.107 e. The minimum atomic E-state index is 0.245. The van der Waals surface area contributed by atoms with Gasteiger partial charge < -0.3 is 0 Å². The molecule has 0 aliphatic heterocycles. The lowest BCUT2D eigenvalue weighted by Gasteiger charge is -2.02. The summed E-state index contributed by atoms with van der Waals surface area (Å²) in [5.41, 5.74) is 2.29. The first kappa shape index (κ1) is 8.90. The maximum Gasteiger partial charge on any atom is 0.107 e. The summed E-state index contributed by atoms with van der Waals surface area (Å²) in [5.74, 6) is 0. The quantitative estimate of drug-likeness (QED) is 0.557. The average molecular weight is 205 g/mol. The molecular weight excluding hydrogens is 191 g/mol. The first-order chi connectivity index (χ1) is 5.27. The van der Waals surface area contributed by atoms with E-state index in [1.54, 1.807) is 0 Å². The Morgan fingerprint density at radius 1 is 1.17 bits per heavy atom. The Balaban J connectivity index is 2.43. The van der Waals surface area contributed by atoms with Crippen LogP contribution in [0.25, 0.3) is 0 Å². The van der Waals surface area contributed by atoms with Crippen molar-refractivity contribution in [1.82, 2.24) is 0 Å². The molecule has 1 unspecified atom stereocenters. The lowest BCUT2D eigenvalue weighted by molar-refractivity contribution is 0.451. The highest BCUT2D eigenvalue weighted by Gasteiger charge is 2.84. The molecule has 0 saturated heterocycles. The second kappa shape index (κ2) is 1.88. The fourth-order valence-electron chi connectivity index (χ4n) is 3.24. The van der Waals surface area contributed by atoms with E-state index in [4.69, 9.17) is 23.2 Å². The van der Waals surface area contributed by atoms with Crippen LogP contribution in [0.15, 0.2) is 10.1 Å². The molecule has 0 radical (unpaired) electrons. The summed E-state index contributed by atoms with van der Waals surface area (Å²) >= 11 is 11.7. The highest BCUT2D eigenvalue weighted by Crippen LogP contribution is 2.91. The lowest BCUT2D eigenvalue weighted by atomic mass is 10.0. The monoisotopic (exact) mass is 204 g/mol. The second-order valence-corrected chi connectivity index (χ2v) is 6.18. The van der Waals surface area contributed by atoms with Gasteiger partial charge in [0.15, 0.2) is 0 Å². The van der Waals surface area contributed by atoms with Crippen molar-refractivity contribution in [2.75, 3.05) is 0 Å². The highest BCUT2D eigenvalue weighted by atomic mass is 35.5. The van der Waals surface area contributed by atoms with Crippen LogP contribution in [-0.4, -0.2) is 0 Å². The van der Waals surface area contributed by atoms with Crippen LogP contribution >= 0.6 is 23.2 Å². The van der Waals surface area contributed by atoms with Gasteiger partial charge in [0.2, 0.25) is 0 Å². The van der Waals surface area contributed by atoms with Gasteiger partial charge in [0, 0.05) is 5.41 Å². The van der Waals surface area contributed by atoms with Crippen molar-refractivity contribution in [1.29, 1.82) is 0 Å². The van der Waals surface area contributed by atoms with Crippen molar-refractivity contribution in [2.45, 2.75) is 34.1 Å². The Kier molecular flexibility index (Phi) is 1.39. The summed E-state index contributed by atoms with van der Waals surface area (Å²) in [7, 11) is 0. The zero-order chi connectivity index (χ0) is 9.36. The van der Waals surface area contributed by atoms with Crippen molar-refractivity contribution in [3.05, 3.63) is 10.1 Å². The van der Waals surface area contributed by atoms with Crippen LogP contribution in [0.5, 0.6) is 0 Å². The van der Waals surface area contributed by atoms with E-state index in [2.05, 4.69) is 27.7 Å². The van der Waals surface area contributed by atoms with Gasteiger partial charge in [-0.05, 0) is 22.8 Å². The Bertz CT molecular complexity index is 282. The van der Waals surface area contributed by atoms with E-state index < -0.39 is 0 Å². The molecule has 68 valence electrons. The summed E-state index contributed by atoms with van der Waals surface area (Å²) < 4.78 is 0.505. The predicted molar refractivity (Wildman–Crippen MR) is 53.3 cm³/mol. The van der Waals surface area contributed by atoms with Gasteiger partial charge in [-0.2, -0.15) is 0 Å². The van der Waals surface area contributed by atoms with Gasteiger partial charge in [-0.15, -0.1) is 0 Å². The molecule has 0 nitrogen and oxygen atoms in total. The van der Waals surface area contributed by atoms with Crippen LogP contribution in [0, 0.1) is 16.2 Å². The van der Waals surface area contributed by atoms with Gasteiger partial charge >= 0.3 is 0 Å². The minimum absolute atomic E-state index is 0.245. The number of rotatable bonds is 0. The summed E-state index contributed by atoms with van der Waals surface area (Å²) in [4.78, 5) is 0. The van der Waals surface area contributed by atoms with Crippen molar-refractivity contribution >= 4 is 23.2 Å². The SMILES string of the molecule is CC1(C)CC12C(=C(Cl)Cl)C2(C)C. The molecule has 2 heteroatoms. The molecule has 1 spiro atoms. The van der Waals surface area contributed by atoms with E-state index in [-0.39, 0.29) is 5.41 Å². The maximum atomic E-state index is 5.86. The molecule has 12 heavy (non-hydrogen) atoms. The van der Waals surface area contributed by atoms with Crippen LogP contribution in [0.1, 0.15) is 34.1 Å². The van der Waals surface area contributed by atoms with Crippen LogP contribution in [-0.2, 0) is 0 Å². The number of hydrogen-bond donors (Lipinski definition) is 0. The highest BCUT2D eigenvalue weighted by molar-refractivity contribution is 6.56. The third kappa shape index (κ3) is 0.680. The Morgan fingerprint density at radius 2 is 1.58 bits per heavy atom. The number of allylic oxidation sites excluding steroid dienone is 1. The summed E-state index contributed by atoms with van der Waals surface area (Å²) in [6.45, 7) is 9.06. The normalized spacial score (nSPS) is 40.0. The van der Waals surface area contributed by atoms with Crippen molar-refractivity contribution in [2.24, 2.45) is 16.2 Å². The van der Waals surface area contributed by atoms with E-state index in [0.717, 1.165) is 0 Å². The van der Waals surface area contributed by atoms with Crippen LogP contribution in [0.2, 0.25) is 0 Å². The first-order valence-electron chi connectivity index (χ1n) is 4.34. The van der Waals surface area contributed by atoms with Crippen molar-refractivity contribution in [3.63, 3.8) is 0 Å². The fourth-order valence-corrected chi connectivity index (χ4v) is 4.04. The maximum absolute atomic E-state index is 5.86. The third-order valence-corrected chi connectivity index (χ3v) is 4.36. The van der Waals surface area contributed by atoms with E-state index in [1.165, 1.54) is 12.0 Å². The predicted octanol–water partition coefficient (Wildman–Crippen LogP) is 4.13. The van der Waals surface area contributed by atoms with Crippen LogP contribution < -0.4 is 0 Å². The zero-order valence-electron chi connectivity index (χ0n) is 7.96. The third-order valence-electron chi connectivity index (χ3n) is 3.98. The summed E-state index contributed by atoms with van der Waals surface area (Å²) in [6, 6.07) is 0. The minimum Gasteiger partial charge on any atom is -0.0709 e. The molecule has 2 aliphatic rings. The molecular formula is C10H14Cl2. The van der Waals surface area contributed by atoms with Gasteiger partial charge in [0.25, 0.3) is 0 Å². The molecule has 1 atom stereocenters. The molecule has 0 aromatic heterocycles. The van der Waals surface area contributed by atoms with E-state index >= 15 is 0 Å². The van der Waals surface area contributed by atoms with Crippen LogP contribution in [0.3, 0.4) is 0 Å². The summed E-state index contributed by atoms with van der Waals surface area (Å²) in [5, 5.41) is 0. The first-order valence-corrected chi connectivity index (χ1v) is 5.09. The zero-order valence-corrected chi connectivity index (χ0v) is 9.47. The molecule has 0 heterocycles. The van der Waals surface area contributed by atoms with Gasteiger partial charge in [0.1, 0.15) is 4.49 Å². The van der Waals surface area contributed by atoms with E-state index in [1.807, 2.05) is 0 Å². The summed E-state index contributed by atoms with van der Waals surface area (Å²) in [6.07, 6.45) is 1.24. The Morgan fingerprint density at radius 3 is 1.67 bits per heavy atom. The van der Waals surface area contributed by atoms with Gasteiger partial charge in [-0.1, -0.05) is 50.9 Å².